The van der Waals surface area contributed by atoms with Gasteiger partial charge in [0.25, 0.3) is 0 Å². The smallest absolute Gasteiger partial charge is 0.242 e. The first kappa shape index (κ1) is 19.8. The third-order valence-corrected chi connectivity index (χ3v) is 6.24. The summed E-state index contributed by atoms with van der Waals surface area (Å²) in [5.41, 5.74) is 0. The predicted molar refractivity (Wildman–Crippen MR) is 95.8 cm³/mol. The molecule has 1 aliphatic carbocycles. The average Bonchev–Trinajstić information content (AvgIpc) is 2.89. The number of nitrogens with one attached hydrogen (secondary N) is 2. The molecule has 0 aromatic heterocycles. The fourth-order valence-corrected chi connectivity index (χ4v) is 4.58. The van der Waals surface area contributed by atoms with Gasteiger partial charge in [0.15, 0.2) is 0 Å². The van der Waals surface area contributed by atoms with Crippen molar-refractivity contribution < 1.29 is 19.2 Å². The molecule has 1 aliphatic heterocycles. The summed E-state index contributed by atoms with van der Waals surface area (Å²) in [6, 6.07) is 0. The second kappa shape index (κ2) is 9.22. The van der Waals surface area contributed by atoms with Gasteiger partial charge in [0.2, 0.25) is 23.6 Å². The Morgan fingerprint density at radius 1 is 1.12 bits per heavy atom. The molecule has 1 heterocycles. The molecule has 4 amide bonds. The third kappa shape index (κ3) is 5.20. The number of amides is 4. The van der Waals surface area contributed by atoms with Crippen molar-refractivity contribution in [3.8, 4) is 0 Å². The molecule has 0 radical (unpaired) electrons. The number of hydrogen-bond donors (Lipinski definition) is 2. The molecule has 0 spiro atoms. The lowest BCUT2D eigenvalue weighted by atomic mass is 9.81. The van der Waals surface area contributed by atoms with E-state index in [1.165, 1.54) is 16.7 Å². The van der Waals surface area contributed by atoms with Gasteiger partial charge in [-0.15, -0.1) is 11.8 Å². The summed E-state index contributed by atoms with van der Waals surface area (Å²) in [5, 5.41) is 4.87. The highest BCUT2D eigenvalue weighted by Crippen LogP contribution is 2.32. The van der Waals surface area contributed by atoms with Crippen molar-refractivity contribution in [2.24, 2.45) is 11.8 Å². The molecule has 2 aliphatic rings. The molecule has 1 atom stereocenters. The monoisotopic (exact) mass is 369 g/mol. The molecule has 8 heteroatoms. The summed E-state index contributed by atoms with van der Waals surface area (Å²) in [4.78, 5) is 49.0. The number of imide groups is 1. The van der Waals surface area contributed by atoms with E-state index in [1.807, 2.05) is 0 Å². The number of likely N-dealkylation sites (tertiary alicyclic amines) is 1. The number of carbonyl (C=O) groups excluding carboxylic acids is 4. The van der Waals surface area contributed by atoms with Crippen LogP contribution in [0.4, 0.5) is 0 Å². The van der Waals surface area contributed by atoms with Crippen LogP contribution in [0.3, 0.4) is 0 Å². The van der Waals surface area contributed by atoms with Crippen molar-refractivity contribution in [1.82, 2.24) is 15.5 Å². The number of rotatable bonds is 7. The first-order valence-corrected chi connectivity index (χ1v) is 9.89. The van der Waals surface area contributed by atoms with Gasteiger partial charge in [0, 0.05) is 45.2 Å². The van der Waals surface area contributed by atoms with Crippen molar-refractivity contribution in [2.75, 3.05) is 26.4 Å². The molecular weight excluding hydrogens is 342 g/mol. The van der Waals surface area contributed by atoms with Crippen LogP contribution in [0.2, 0.25) is 0 Å². The average molecular weight is 369 g/mol. The summed E-state index contributed by atoms with van der Waals surface area (Å²) < 4.78 is 0. The lowest BCUT2D eigenvalue weighted by Gasteiger charge is -2.29. The number of nitrogens with zero attached hydrogens (tertiary/aromatic N) is 1. The van der Waals surface area contributed by atoms with Gasteiger partial charge in [0.1, 0.15) is 0 Å². The summed E-state index contributed by atoms with van der Waals surface area (Å²) in [7, 11) is 3.23. The van der Waals surface area contributed by atoms with Crippen LogP contribution in [-0.4, -0.2) is 60.2 Å². The molecule has 2 N–H and O–H groups in total. The summed E-state index contributed by atoms with van der Waals surface area (Å²) in [6.07, 6.45) is 3.93. The minimum atomic E-state index is -0.362. The van der Waals surface area contributed by atoms with E-state index in [9.17, 15) is 19.2 Å². The fraction of sp³-hybridized carbons (Fsp3) is 0.765. The van der Waals surface area contributed by atoms with E-state index in [1.54, 1.807) is 14.1 Å². The maximum Gasteiger partial charge on any atom is 0.242 e. The van der Waals surface area contributed by atoms with Crippen LogP contribution in [0.5, 0.6) is 0 Å². The molecular formula is C17H27N3O4S. The second-order valence-electron chi connectivity index (χ2n) is 6.66. The lowest BCUT2D eigenvalue weighted by molar-refractivity contribution is -0.139. The molecule has 7 nitrogen and oxygen atoms in total. The van der Waals surface area contributed by atoms with E-state index in [4.69, 9.17) is 0 Å². The van der Waals surface area contributed by atoms with E-state index >= 15 is 0 Å². The summed E-state index contributed by atoms with van der Waals surface area (Å²) >= 11 is 1.39. The Kier molecular flexibility index (Phi) is 7.28. The molecule has 25 heavy (non-hydrogen) atoms. The van der Waals surface area contributed by atoms with Crippen LogP contribution in [0.1, 0.15) is 38.5 Å². The molecule has 1 saturated heterocycles. The number of hydrogen-bond acceptors (Lipinski definition) is 5. The zero-order chi connectivity index (χ0) is 18.4. The van der Waals surface area contributed by atoms with Crippen LogP contribution in [0.25, 0.3) is 0 Å². The maximum atomic E-state index is 12.5. The fourth-order valence-electron chi connectivity index (χ4n) is 3.46. The molecule has 2 rings (SSSR count). The van der Waals surface area contributed by atoms with Gasteiger partial charge in [-0.2, -0.15) is 0 Å². The van der Waals surface area contributed by atoms with Crippen molar-refractivity contribution in [2.45, 2.75) is 43.8 Å². The first-order chi connectivity index (χ1) is 12.0. The summed E-state index contributed by atoms with van der Waals surface area (Å²) in [5.74, 6) is 0.654. The topological polar surface area (TPSA) is 95.6 Å². The normalized spacial score (nSPS) is 26.6. The Hall–Kier alpha value is -1.57. The molecule has 1 unspecified atom stereocenters. The minimum absolute atomic E-state index is 0.0549. The molecule has 1 saturated carbocycles. The first-order valence-electron chi connectivity index (χ1n) is 8.84. The van der Waals surface area contributed by atoms with Gasteiger partial charge in [-0.25, -0.2) is 0 Å². The van der Waals surface area contributed by atoms with Crippen LogP contribution < -0.4 is 10.6 Å². The van der Waals surface area contributed by atoms with Crippen LogP contribution in [0, 0.1) is 11.8 Å². The Bertz CT molecular complexity index is 532. The predicted octanol–water partition coefficient (Wildman–Crippen LogP) is 0.536. The van der Waals surface area contributed by atoms with E-state index in [0.717, 1.165) is 25.7 Å². The zero-order valence-electron chi connectivity index (χ0n) is 14.9. The Morgan fingerprint density at radius 2 is 1.80 bits per heavy atom. The summed E-state index contributed by atoms with van der Waals surface area (Å²) in [6.45, 7) is 0.463. The molecule has 140 valence electrons. The van der Waals surface area contributed by atoms with Crippen LogP contribution in [0.15, 0.2) is 0 Å². The Labute approximate surface area is 152 Å². The van der Waals surface area contributed by atoms with Crippen LogP contribution >= 0.6 is 11.8 Å². The largest absolute Gasteiger partial charge is 0.359 e. The second-order valence-corrected chi connectivity index (χ2v) is 7.97. The van der Waals surface area contributed by atoms with Crippen LogP contribution in [-0.2, 0) is 19.2 Å². The number of thioether (sulfide) groups is 1. The molecule has 0 aromatic rings. The van der Waals surface area contributed by atoms with E-state index in [2.05, 4.69) is 10.6 Å². The van der Waals surface area contributed by atoms with Gasteiger partial charge < -0.3 is 10.6 Å². The minimum Gasteiger partial charge on any atom is -0.359 e. The third-order valence-electron chi connectivity index (χ3n) is 5.03. The van der Waals surface area contributed by atoms with E-state index in [0.29, 0.717) is 18.7 Å². The standard InChI is InChI=1S/C17H27N3O4S/c1-18-14(21)7-8-25-13-9-15(22)20(17(13)24)10-11-3-5-12(6-4-11)16(23)19-2/h11-13H,3-10H2,1-2H3,(H,18,21)(H,19,23). The van der Waals surface area contributed by atoms with Crippen molar-refractivity contribution in [3.63, 3.8) is 0 Å². The SMILES string of the molecule is CNC(=O)CCSC1CC(=O)N(CC2CCC(C(=O)NC)CC2)C1=O. The zero-order valence-corrected chi connectivity index (χ0v) is 15.7. The van der Waals surface area contributed by atoms with Crippen molar-refractivity contribution >= 4 is 35.4 Å². The highest BCUT2D eigenvalue weighted by molar-refractivity contribution is 8.00. The molecule has 2 fully saturated rings. The van der Waals surface area contributed by atoms with Gasteiger partial charge in [0.05, 0.1) is 5.25 Å². The molecule has 0 bridgehead atoms. The van der Waals surface area contributed by atoms with Crippen molar-refractivity contribution in [3.05, 3.63) is 0 Å². The van der Waals surface area contributed by atoms with Gasteiger partial charge in [-0.05, 0) is 31.6 Å². The maximum absolute atomic E-state index is 12.5. The number of carbonyl (C=O) groups is 4. The lowest BCUT2D eigenvalue weighted by Crippen LogP contribution is -2.38. The highest BCUT2D eigenvalue weighted by Gasteiger charge is 2.40. The quantitative estimate of drug-likeness (QED) is 0.639. The Balaban J connectivity index is 1.79. The van der Waals surface area contributed by atoms with Gasteiger partial charge in [-0.1, -0.05) is 0 Å². The van der Waals surface area contributed by atoms with Gasteiger partial charge >= 0.3 is 0 Å². The molecule has 0 aromatic carbocycles. The highest BCUT2D eigenvalue weighted by atomic mass is 32.2. The van der Waals surface area contributed by atoms with Gasteiger partial charge in [-0.3, -0.25) is 24.1 Å². The van der Waals surface area contributed by atoms with E-state index in [-0.39, 0.29) is 47.1 Å². The Morgan fingerprint density at radius 3 is 2.40 bits per heavy atom. The van der Waals surface area contributed by atoms with E-state index < -0.39 is 0 Å². The van der Waals surface area contributed by atoms with Crippen molar-refractivity contribution in [1.29, 1.82) is 0 Å².